The quantitative estimate of drug-likeness (QED) is 0.811. The fraction of sp³-hybridized carbons (Fsp3) is 0.500. The predicted octanol–water partition coefficient (Wildman–Crippen LogP) is 3.36. The summed E-state index contributed by atoms with van der Waals surface area (Å²) in [5.74, 6) is 2.08. The van der Waals surface area contributed by atoms with E-state index in [-0.39, 0.29) is 17.9 Å². The number of methoxy groups -OCH3 is 1. The van der Waals surface area contributed by atoms with Gasteiger partial charge >= 0.3 is 0 Å². The number of hydrogen-bond acceptors (Lipinski definition) is 3. The summed E-state index contributed by atoms with van der Waals surface area (Å²) in [4.78, 5) is 15.3. The summed E-state index contributed by atoms with van der Waals surface area (Å²) in [6.07, 6.45) is 7.28. The van der Waals surface area contributed by atoms with Crippen LogP contribution in [0.15, 0.2) is 36.7 Å². The van der Waals surface area contributed by atoms with Gasteiger partial charge in [0.05, 0.1) is 13.3 Å². The van der Waals surface area contributed by atoms with E-state index in [4.69, 9.17) is 4.74 Å². The molecule has 3 atom stereocenters. The second kappa shape index (κ2) is 6.21. The van der Waals surface area contributed by atoms with Crippen molar-refractivity contribution in [2.24, 2.45) is 18.9 Å². The monoisotopic (exact) mass is 339 g/mol. The first-order valence-electron chi connectivity index (χ1n) is 9.04. The molecule has 2 saturated carbocycles. The summed E-state index contributed by atoms with van der Waals surface area (Å²) in [6.45, 7) is 2.18. The van der Waals surface area contributed by atoms with Crippen molar-refractivity contribution in [1.29, 1.82) is 0 Å². The van der Waals surface area contributed by atoms with Gasteiger partial charge in [-0.25, -0.2) is 0 Å². The smallest absolute Gasteiger partial charge is 0.230 e. The molecule has 0 N–H and O–H groups in total. The van der Waals surface area contributed by atoms with Gasteiger partial charge in [0.15, 0.2) is 0 Å². The lowest BCUT2D eigenvalue weighted by Gasteiger charge is -2.30. The maximum Gasteiger partial charge on any atom is 0.230 e. The molecule has 4 rings (SSSR count). The minimum atomic E-state index is 0.0764. The summed E-state index contributed by atoms with van der Waals surface area (Å²) in [6, 6.07) is 8.10. The zero-order valence-electron chi connectivity index (χ0n) is 15.1. The molecule has 1 aromatic heterocycles. The van der Waals surface area contributed by atoms with E-state index >= 15 is 0 Å². The van der Waals surface area contributed by atoms with Gasteiger partial charge in [-0.05, 0) is 67.9 Å². The highest BCUT2D eigenvalue weighted by atomic mass is 16.5. The molecule has 5 nitrogen and oxygen atoms in total. The van der Waals surface area contributed by atoms with Crippen molar-refractivity contribution in [3.8, 4) is 5.75 Å². The number of anilines is 1. The third kappa shape index (κ3) is 3.15. The number of ether oxygens (including phenoxy) is 1. The highest BCUT2D eigenvalue weighted by molar-refractivity contribution is 5.98. The highest BCUT2D eigenvalue weighted by Gasteiger charge is 2.48. The lowest BCUT2D eigenvalue weighted by Crippen LogP contribution is -2.41. The minimum Gasteiger partial charge on any atom is -0.497 e. The van der Waals surface area contributed by atoms with E-state index in [0.717, 1.165) is 17.9 Å². The minimum absolute atomic E-state index is 0.0764. The molecule has 0 aliphatic heterocycles. The molecule has 0 radical (unpaired) electrons. The normalized spacial score (nSPS) is 23.2. The molecular weight excluding hydrogens is 314 g/mol. The Hall–Kier alpha value is -2.30. The molecule has 1 amide bonds. The van der Waals surface area contributed by atoms with Gasteiger partial charge in [-0.15, -0.1) is 0 Å². The molecule has 132 valence electrons. The topological polar surface area (TPSA) is 47.4 Å². The van der Waals surface area contributed by atoms with Crippen LogP contribution >= 0.6 is 0 Å². The Kier molecular flexibility index (Phi) is 4.02. The van der Waals surface area contributed by atoms with Crippen LogP contribution in [0, 0.1) is 11.8 Å². The van der Waals surface area contributed by atoms with Crippen molar-refractivity contribution in [1.82, 2.24) is 9.78 Å². The molecule has 0 saturated heterocycles. The molecule has 5 heteroatoms. The van der Waals surface area contributed by atoms with Crippen LogP contribution in [0.25, 0.3) is 0 Å². The standard InChI is InChI=1S/C20H25N3O2/c1-13(14-4-5-14)23(16-6-8-17(25-3)9-7-16)20(24)19-10-18(19)15-11-21-22(2)12-15/h6-9,11-14,18-19H,4-5,10H2,1-3H3/t13-,18-,19+/m0/s1. The first-order valence-corrected chi connectivity index (χ1v) is 9.04. The fourth-order valence-electron chi connectivity index (χ4n) is 3.74. The van der Waals surface area contributed by atoms with Gasteiger partial charge in [-0.3, -0.25) is 9.48 Å². The van der Waals surface area contributed by atoms with Gasteiger partial charge < -0.3 is 9.64 Å². The fourth-order valence-corrected chi connectivity index (χ4v) is 3.74. The van der Waals surface area contributed by atoms with Crippen LogP contribution in [0.3, 0.4) is 0 Å². The van der Waals surface area contributed by atoms with Crippen LogP contribution in [-0.2, 0) is 11.8 Å². The molecule has 0 bridgehead atoms. The molecule has 0 spiro atoms. The van der Waals surface area contributed by atoms with E-state index in [0.29, 0.717) is 11.8 Å². The molecule has 2 aliphatic carbocycles. The van der Waals surface area contributed by atoms with E-state index in [1.54, 1.807) is 7.11 Å². The maximum atomic E-state index is 13.3. The molecule has 2 fully saturated rings. The van der Waals surface area contributed by atoms with Crippen LogP contribution in [0.1, 0.15) is 37.7 Å². The van der Waals surface area contributed by atoms with E-state index < -0.39 is 0 Å². The average Bonchev–Trinajstić information content (AvgIpc) is 3.53. The van der Waals surface area contributed by atoms with E-state index in [1.165, 1.54) is 18.4 Å². The van der Waals surface area contributed by atoms with Crippen LogP contribution in [0.4, 0.5) is 5.69 Å². The van der Waals surface area contributed by atoms with E-state index in [2.05, 4.69) is 12.0 Å². The number of aromatic nitrogens is 2. The lowest BCUT2D eigenvalue weighted by atomic mass is 10.1. The Morgan fingerprint density at radius 1 is 1.32 bits per heavy atom. The molecular formula is C20H25N3O2. The second-order valence-electron chi connectivity index (χ2n) is 7.38. The Labute approximate surface area is 148 Å². The maximum absolute atomic E-state index is 13.3. The van der Waals surface area contributed by atoms with Crippen LogP contribution in [0.2, 0.25) is 0 Å². The van der Waals surface area contributed by atoms with Gasteiger partial charge in [-0.1, -0.05) is 0 Å². The van der Waals surface area contributed by atoms with Crippen LogP contribution in [0.5, 0.6) is 5.75 Å². The van der Waals surface area contributed by atoms with E-state index in [1.807, 2.05) is 53.3 Å². The molecule has 25 heavy (non-hydrogen) atoms. The van der Waals surface area contributed by atoms with Gasteiger partial charge in [-0.2, -0.15) is 5.10 Å². The SMILES string of the molecule is COc1ccc(N(C(=O)[C@@H]2C[C@H]2c2cnn(C)c2)[C@@H](C)C2CC2)cc1. The molecule has 2 aliphatic rings. The van der Waals surface area contributed by atoms with Crippen LogP contribution < -0.4 is 9.64 Å². The number of rotatable bonds is 6. The van der Waals surface area contributed by atoms with Gasteiger partial charge in [0.2, 0.25) is 5.91 Å². The van der Waals surface area contributed by atoms with E-state index in [9.17, 15) is 4.79 Å². The summed E-state index contributed by atoms with van der Waals surface area (Å²) < 4.78 is 7.06. The first kappa shape index (κ1) is 16.2. The highest BCUT2D eigenvalue weighted by Crippen LogP contribution is 2.50. The number of benzene rings is 1. The Morgan fingerprint density at radius 2 is 2.04 bits per heavy atom. The van der Waals surface area contributed by atoms with Crippen LogP contribution in [-0.4, -0.2) is 28.8 Å². The summed E-state index contributed by atoms with van der Waals surface area (Å²) in [5, 5.41) is 4.24. The Morgan fingerprint density at radius 3 is 2.60 bits per heavy atom. The molecule has 0 unspecified atom stereocenters. The summed E-state index contributed by atoms with van der Waals surface area (Å²) in [7, 11) is 3.58. The average molecular weight is 339 g/mol. The number of aryl methyl sites for hydroxylation is 1. The number of nitrogens with zero attached hydrogens (tertiary/aromatic N) is 3. The predicted molar refractivity (Wildman–Crippen MR) is 96.7 cm³/mol. The zero-order valence-corrected chi connectivity index (χ0v) is 15.1. The number of carbonyl (C=O) groups excluding carboxylic acids is 1. The zero-order chi connectivity index (χ0) is 17.6. The van der Waals surface area contributed by atoms with Gasteiger partial charge in [0.1, 0.15) is 5.75 Å². The third-order valence-electron chi connectivity index (χ3n) is 5.56. The van der Waals surface area contributed by atoms with Crippen molar-refractivity contribution in [3.63, 3.8) is 0 Å². The number of amides is 1. The molecule has 1 heterocycles. The summed E-state index contributed by atoms with van der Waals surface area (Å²) >= 11 is 0. The Bertz CT molecular complexity index is 764. The molecule has 1 aromatic carbocycles. The second-order valence-corrected chi connectivity index (χ2v) is 7.38. The Balaban J connectivity index is 1.56. The third-order valence-corrected chi connectivity index (χ3v) is 5.56. The van der Waals surface area contributed by atoms with Crippen molar-refractivity contribution in [3.05, 3.63) is 42.2 Å². The number of carbonyl (C=O) groups is 1. The van der Waals surface area contributed by atoms with Crippen molar-refractivity contribution in [2.45, 2.75) is 38.1 Å². The largest absolute Gasteiger partial charge is 0.497 e. The van der Waals surface area contributed by atoms with Crippen molar-refractivity contribution in [2.75, 3.05) is 12.0 Å². The summed E-state index contributed by atoms with van der Waals surface area (Å²) in [5.41, 5.74) is 2.15. The van der Waals surface area contributed by atoms with Crippen molar-refractivity contribution >= 4 is 11.6 Å². The van der Waals surface area contributed by atoms with Crippen molar-refractivity contribution < 1.29 is 9.53 Å². The van der Waals surface area contributed by atoms with Gasteiger partial charge in [0.25, 0.3) is 0 Å². The molecule has 2 aromatic rings. The first-order chi connectivity index (χ1) is 12.1. The number of hydrogen-bond donors (Lipinski definition) is 0. The lowest BCUT2D eigenvalue weighted by molar-refractivity contribution is -0.120. The van der Waals surface area contributed by atoms with Gasteiger partial charge in [0, 0.05) is 30.9 Å².